The van der Waals surface area contributed by atoms with Crippen LogP contribution in [0.25, 0.3) is 0 Å². The summed E-state index contributed by atoms with van der Waals surface area (Å²) in [4.78, 5) is 21.2. The van der Waals surface area contributed by atoms with Gasteiger partial charge >= 0.3 is 11.7 Å². The number of ether oxygens (including phenoxy) is 1. The largest absolute Gasteiger partial charge is 0.486 e. The summed E-state index contributed by atoms with van der Waals surface area (Å²) < 4.78 is 5.41. The van der Waals surface area contributed by atoms with E-state index >= 15 is 0 Å². The van der Waals surface area contributed by atoms with Crippen molar-refractivity contribution >= 4 is 11.7 Å². The lowest BCUT2D eigenvalue weighted by molar-refractivity contribution is -0.385. The molecule has 0 atom stereocenters. The van der Waals surface area contributed by atoms with Gasteiger partial charge in [-0.25, -0.2) is 4.79 Å². The van der Waals surface area contributed by atoms with Crippen LogP contribution in [0, 0.1) is 26.9 Å². The third-order valence-electron chi connectivity index (χ3n) is 3.35. The van der Waals surface area contributed by atoms with Gasteiger partial charge in [-0.15, -0.1) is 0 Å². The van der Waals surface area contributed by atoms with E-state index in [1.54, 1.807) is 0 Å². The van der Waals surface area contributed by atoms with Crippen LogP contribution in [-0.2, 0) is 0 Å². The number of benzene rings is 1. The number of carboxylic acid groups (broad SMARTS) is 1. The maximum absolute atomic E-state index is 10.9. The van der Waals surface area contributed by atoms with E-state index in [-0.39, 0.29) is 29.0 Å². The molecule has 20 heavy (non-hydrogen) atoms. The highest BCUT2D eigenvalue weighted by atomic mass is 16.6. The summed E-state index contributed by atoms with van der Waals surface area (Å²) in [5.74, 6) is -1.25. The Kier molecular flexibility index (Phi) is 3.57. The van der Waals surface area contributed by atoms with Gasteiger partial charge in [0.15, 0.2) is 5.75 Å². The van der Waals surface area contributed by atoms with Crippen LogP contribution in [0.2, 0.25) is 0 Å². The minimum absolute atomic E-state index is 0.0703. The summed E-state index contributed by atoms with van der Waals surface area (Å²) in [7, 11) is 0. The topological polar surface area (TPSA) is 113 Å². The van der Waals surface area contributed by atoms with Crippen LogP contribution in [-0.4, -0.2) is 22.6 Å². The van der Waals surface area contributed by atoms with Gasteiger partial charge in [0.25, 0.3) is 0 Å². The van der Waals surface area contributed by atoms with Crippen molar-refractivity contribution in [1.82, 2.24) is 0 Å². The second kappa shape index (κ2) is 5.17. The first-order chi connectivity index (χ1) is 9.47. The fraction of sp³-hybridized carbons (Fsp3) is 0.385. The Balaban J connectivity index is 2.20. The van der Waals surface area contributed by atoms with Crippen molar-refractivity contribution in [3.63, 3.8) is 0 Å². The lowest BCUT2D eigenvalue weighted by Gasteiger charge is -2.13. The molecule has 0 unspecified atom stereocenters. The Hall–Kier alpha value is -2.62. The number of hydrogen-bond acceptors (Lipinski definition) is 5. The summed E-state index contributed by atoms with van der Waals surface area (Å²) in [6, 6.07) is 5.48. The maximum Gasteiger partial charge on any atom is 0.335 e. The molecule has 2 rings (SSSR count). The van der Waals surface area contributed by atoms with Crippen molar-refractivity contribution in [1.29, 1.82) is 5.26 Å². The monoisotopic (exact) mass is 276 g/mol. The van der Waals surface area contributed by atoms with Gasteiger partial charge in [0.2, 0.25) is 0 Å². The molecule has 0 aliphatic heterocycles. The number of carbonyl (C=O) groups is 1. The van der Waals surface area contributed by atoms with Gasteiger partial charge in [0, 0.05) is 24.0 Å². The molecule has 104 valence electrons. The smallest absolute Gasteiger partial charge is 0.335 e. The van der Waals surface area contributed by atoms with Gasteiger partial charge in [-0.1, -0.05) is 0 Å². The Morgan fingerprint density at radius 3 is 2.75 bits per heavy atom. The number of hydrogen-bond donors (Lipinski definition) is 1. The lowest BCUT2D eigenvalue weighted by atomic mass is 10.1. The van der Waals surface area contributed by atoms with Gasteiger partial charge in [-0.05, 0) is 18.9 Å². The second-order valence-corrected chi connectivity index (χ2v) is 4.87. The number of nitrogens with zero attached hydrogens (tertiary/aromatic N) is 2. The zero-order chi connectivity index (χ0) is 14.8. The first-order valence-electron chi connectivity index (χ1n) is 5.99. The fourth-order valence-corrected chi connectivity index (χ4v) is 1.86. The molecule has 0 saturated heterocycles. The van der Waals surface area contributed by atoms with Crippen molar-refractivity contribution in [2.45, 2.75) is 19.3 Å². The third-order valence-corrected chi connectivity index (χ3v) is 3.35. The van der Waals surface area contributed by atoms with Crippen molar-refractivity contribution in [2.75, 3.05) is 6.61 Å². The molecule has 1 aromatic carbocycles. The molecule has 7 nitrogen and oxygen atoms in total. The highest BCUT2D eigenvalue weighted by molar-refractivity contribution is 5.88. The van der Waals surface area contributed by atoms with Crippen LogP contribution in [0.4, 0.5) is 5.69 Å². The summed E-state index contributed by atoms with van der Waals surface area (Å²) >= 11 is 0. The first kappa shape index (κ1) is 13.8. The number of aromatic carboxylic acids is 1. The van der Waals surface area contributed by atoms with Crippen LogP contribution in [0.3, 0.4) is 0 Å². The standard InChI is InChI=1S/C13H12N2O5/c14-6-5-13(3-4-13)8-20-11-7-9(12(16)17)1-2-10(11)15(18)19/h1-2,7H,3-5,8H2,(H,16,17). The van der Waals surface area contributed by atoms with Crippen molar-refractivity contribution in [3.8, 4) is 11.8 Å². The maximum atomic E-state index is 10.9. The number of rotatable bonds is 6. The molecule has 0 aromatic heterocycles. The minimum atomic E-state index is -1.18. The van der Waals surface area contributed by atoms with E-state index in [9.17, 15) is 14.9 Å². The molecular weight excluding hydrogens is 264 g/mol. The molecule has 1 saturated carbocycles. The van der Waals surface area contributed by atoms with Gasteiger partial charge in [0.05, 0.1) is 23.2 Å². The van der Waals surface area contributed by atoms with E-state index in [1.807, 2.05) is 0 Å². The molecule has 0 bridgehead atoms. The van der Waals surface area contributed by atoms with Crippen molar-refractivity contribution in [3.05, 3.63) is 33.9 Å². The SMILES string of the molecule is N#CCC1(COc2cc(C(=O)O)ccc2[N+](=O)[O-])CC1. The Labute approximate surface area is 114 Å². The molecule has 1 aliphatic rings. The highest BCUT2D eigenvalue weighted by Crippen LogP contribution is 2.49. The van der Waals surface area contributed by atoms with Gasteiger partial charge in [-0.2, -0.15) is 5.26 Å². The van der Waals surface area contributed by atoms with Gasteiger partial charge in [0.1, 0.15) is 0 Å². The summed E-state index contributed by atoms with van der Waals surface area (Å²) in [5.41, 5.74) is -0.583. The number of nitriles is 1. The average Bonchev–Trinajstić information content (AvgIpc) is 3.16. The average molecular weight is 276 g/mol. The van der Waals surface area contributed by atoms with Crippen LogP contribution < -0.4 is 4.74 Å². The first-order valence-corrected chi connectivity index (χ1v) is 5.99. The molecule has 0 amide bonds. The van der Waals surface area contributed by atoms with Gasteiger partial charge in [-0.3, -0.25) is 10.1 Å². The van der Waals surface area contributed by atoms with E-state index in [0.717, 1.165) is 31.0 Å². The predicted octanol–water partition coefficient (Wildman–Crippen LogP) is 2.37. The molecule has 1 aromatic rings. The van der Waals surface area contributed by atoms with Crippen LogP contribution in [0.1, 0.15) is 29.6 Å². The number of nitro benzene ring substituents is 1. The minimum Gasteiger partial charge on any atom is -0.486 e. The molecule has 0 spiro atoms. The summed E-state index contributed by atoms with van der Waals surface area (Å²) in [6.07, 6.45) is 2.01. The predicted molar refractivity (Wildman–Crippen MR) is 67.4 cm³/mol. The molecular formula is C13H12N2O5. The fourth-order valence-electron chi connectivity index (χ4n) is 1.86. The van der Waals surface area contributed by atoms with Crippen molar-refractivity contribution in [2.24, 2.45) is 5.41 Å². The Bertz CT molecular complexity index is 601. The zero-order valence-corrected chi connectivity index (χ0v) is 10.5. The molecule has 7 heteroatoms. The van der Waals surface area contributed by atoms with Crippen LogP contribution >= 0.6 is 0 Å². The van der Waals surface area contributed by atoms with E-state index in [2.05, 4.69) is 6.07 Å². The second-order valence-electron chi connectivity index (χ2n) is 4.87. The Morgan fingerprint density at radius 1 is 1.55 bits per heavy atom. The van der Waals surface area contributed by atoms with E-state index in [0.29, 0.717) is 6.42 Å². The third kappa shape index (κ3) is 2.85. The van der Waals surface area contributed by atoms with E-state index < -0.39 is 10.9 Å². The summed E-state index contributed by atoms with van der Waals surface area (Å²) in [5, 5.41) is 28.5. The molecule has 1 fully saturated rings. The molecule has 0 radical (unpaired) electrons. The van der Waals surface area contributed by atoms with Gasteiger partial charge < -0.3 is 9.84 Å². The molecule has 0 heterocycles. The lowest BCUT2D eigenvalue weighted by Crippen LogP contribution is -2.13. The molecule has 1 aliphatic carbocycles. The Morgan fingerprint density at radius 2 is 2.25 bits per heavy atom. The summed E-state index contributed by atoms with van der Waals surface area (Å²) in [6.45, 7) is 0.185. The van der Waals surface area contributed by atoms with Crippen LogP contribution in [0.5, 0.6) is 5.75 Å². The number of carboxylic acids is 1. The van der Waals surface area contributed by atoms with Crippen LogP contribution in [0.15, 0.2) is 18.2 Å². The van der Waals surface area contributed by atoms with Crippen molar-refractivity contribution < 1.29 is 19.6 Å². The highest BCUT2D eigenvalue weighted by Gasteiger charge is 2.43. The molecule has 1 N–H and O–H groups in total. The van der Waals surface area contributed by atoms with E-state index in [1.165, 1.54) is 0 Å². The quantitative estimate of drug-likeness (QED) is 0.630. The normalized spacial score (nSPS) is 15.2. The zero-order valence-electron chi connectivity index (χ0n) is 10.5. The number of nitro groups is 1. The van der Waals surface area contributed by atoms with E-state index in [4.69, 9.17) is 15.1 Å².